The van der Waals surface area contributed by atoms with Crippen molar-refractivity contribution in [3.8, 4) is 17.2 Å². The summed E-state index contributed by atoms with van der Waals surface area (Å²) in [5.74, 6) is 1.54. The molecule has 0 saturated carbocycles. The minimum atomic E-state index is -0.871. The summed E-state index contributed by atoms with van der Waals surface area (Å²) in [4.78, 5) is 26.9. The Balaban J connectivity index is 1.39. The Kier molecular flexibility index (Phi) is 4.33. The van der Waals surface area contributed by atoms with Crippen molar-refractivity contribution in [1.29, 1.82) is 0 Å². The molecule has 0 saturated heterocycles. The maximum Gasteiger partial charge on any atom is 0.255 e. The zero-order chi connectivity index (χ0) is 22.6. The number of benzene rings is 3. The van der Waals surface area contributed by atoms with Gasteiger partial charge in [0.1, 0.15) is 29.3 Å². The molecule has 0 bridgehead atoms. The van der Waals surface area contributed by atoms with Crippen LogP contribution in [-0.4, -0.2) is 31.6 Å². The number of amides is 2. The maximum absolute atomic E-state index is 14.1. The van der Waals surface area contributed by atoms with Gasteiger partial charge in [0.05, 0.1) is 13.2 Å². The monoisotopic (exact) mass is 442 g/mol. The van der Waals surface area contributed by atoms with E-state index in [0.717, 1.165) is 40.1 Å². The summed E-state index contributed by atoms with van der Waals surface area (Å²) in [5, 5.41) is 0. The standard InChI is InChI=1S/C26H22N2O5/c27-24(29)14-32-18-5-3-4-16(10-18)13-28-21-7-2-1-6-19(21)26(25(28)30)15-33-23-12-22-17(8-9-31-22)11-20(23)26/h1-7,10-12H,8-9,13-15H2,(H2,27,29). The number of anilines is 1. The van der Waals surface area contributed by atoms with E-state index in [4.69, 9.17) is 19.9 Å². The average molecular weight is 442 g/mol. The van der Waals surface area contributed by atoms with Crippen LogP contribution < -0.4 is 24.8 Å². The molecular weight excluding hydrogens is 420 g/mol. The third-order valence-electron chi connectivity index (χ3n) is 6.58. The van der Waals surface area contributed by atoms with Gasteiger partial charge in [-0.25, -0.2) is 0 Å². The molecule has 3 aliphatic rings. The predicted molar refractivity (Wildman–Crippen MR) is 121 cm³/mol. The molecular formula is C26H22N2O5. The molecule has 3 aromatic carbocycles. The number of primary amides is 1. The Morgan fingerprint density at radius 1 is 1.03 bits per heavy atom. The number of carbonyl (C=O) groups is 2. The largest absolute Gasteiger partial charge is 0.493 e. The first-order valence-corrected chi connectivity index (χ1v) is 10.9. The summed E-state index contributed by atoms with van der Waals surface area (Å²) >= 11 is 0. The minimum absolute atomic E-state index is 0.00947. The molecule has 2 N–H and O–H groups in total. The van der Waals surface area contributed by atoms with Gasteiger partial charge in [-0.05, 0) is 41.0 Å². The quantitative estimate of drug-likeness (QED) is 0.656. The molecule has 0 aromatic heterocycles. The highest BCUT2D eigenvalue weighted by atomic mass is 16.5. The van der Waals surface area contributed by atoms with Gasteiger partial charge in [-0.1, -0.05) is 30.3 Å². The van der Waals surface area contributed by atoms with Gasteiger partial charge in [-0.15, -0.1) is 0 Å². The smallest absolute Gasteiger partial charge is 0.255 e. The molecule has 3 aromatic rings. The van der Waals surface area contributed by atoms with E-state index in [1.807, 2.05) is 53.4 Å². The first-order valence-electron chi connectivity index (χ1n) is 10.9. The molecule has 0 fully saturated rings. The average Bonchev–Trinajstić information content (AvgIpc) is 3.49. The van der Waals surface area contributed by atoms with E-state index >= 15 is 0 Å². The van der Waals surface area contributed by atoms with Gasteiger partial charge >= 0.3 is 0 Å². The normalized spacial score (nSPS) is 19.6. The van der Waals surface area contributed by atoms with Crippen LogP contribution in [-0.2, 0) is 28.0 Å². The lowest BCUT2D eigenvalue weighted by Crippen LogP contribution is -2.42. The van der Waals surface area contributed by atoms with Crippen LogP contribution in [0.25, 0.3) is 0 Å². The van der Waals surface area contributed by atoms with Crippen LogP contribution in [0.2, 0.25) is 0 Å². The van der Waals surface area contributed by atoms with E-state index in [1.54, 1.807) is 6.07 Å². The van der Waals surface area contributed by atoms with Crippen molar-refractivity contribution in [3.63, 3.8) is 0 Å². The van der Waals surface area contributed by atoms with Crippen molar-refractivity contribution < 1.29 is 23.8 Å². The van der Waals surface area contributed by atoms with Gasteiger partial charge in [-0.2, -0.15) is 0 Å². The number of hydrogen-bond donors (Lipinski definition) is 1. The molecule has 1 atom stereocenters. The lowest BCUT2D eigenvalue weighted by Gasteiger charge is -2.23. The fraction of sp³-hybridized carbons (Fsp3) is 0.231. The highest BCUT2D eigenvalue weighted by Crippen LogP contribution is 2.54. The van der Waals surface area contributed by atoms with E-state index in [-0.39, 0.29) is 19.1 Å². The van der Waals surface area contributed by atoms with E-state index in [1.165, 1.54) is 0 Å². The Labute approximate surface area is 190 Å². The van der Waals surface area contributed by atoms with Crippen LogP contribution in [0.5, 0.6) is 17.2 Å². The number of rotatable bonds is 5. The molecule has 166 valence electrons. The molecule has 0 radical (unpaired) electrons. The molecule has 33 heavy (non-hydrogen) atoms. The molecule has 3 aliphatic heterocycles. The number of carbonyl (C=O) groups excluding carboxylic acids is 2. The van der Waals surface area contributed by atoms with E-state index in [2.05, 4.69) is 6.07 Å². The lowest BCUT2D eigenvalue weighted by atomic mass is 9.76. The number of fused-ring (bicyclic) bond motifs is 5. The fourth-order valence-corrected chi connectivity index (χ4v) is 5.08. The first-order chi connectivity index (χ1) is 16.1. The minimum Gasteiger partial charge on any atom is -0.493 e. The topological polar surface area (TPSA) is 91.1 Å². The SMILES string of the molecule is NC(=O)COc1cccc(CN2C(=O)C3(COc4cc5c(cc43)CCO5)c3ccccc32)c1. The molecule has 0 aliphatic carbocycles. The number of nitrogens with zero attached hydrogens (tertiary/aromatic N) is 1. The highest BCUT2D eigenvalue weighted by molar-refractivity contribution is 6.11. The highest BCUT2D eigenvalue weighted by Gasteiger charge is 2.57. The number of ether oxygens (including phenoxy) is 3. The van der Waals surface area contributed by atoms with Crippen LogP contribution in [0.4, 0.5) is 5.69 Å². The predicted octanol–water partition coefficient (Wildman–Crippen LogP) is 2.71. The third kappa shape index (κ3) is 2.96. The Morgan fingerprint density at radius 3 is 2.79 bits per heavy atom. The fourth-order valence-electron chi connectivity index (χ4n) is 5.08. The summed E-state index contributed by atoms with van der Waals surface area (Å²) in [6.07, 6.45) is 0.830. The zero-order valence-corrected chi connectivity index (χ0v) is 17.9. The number of para-hydroxylation sites is 1. The second kappa shape index (κ2) is 7.27. The summed E-state index contributed by atoms with van der Waals surface area (Å²) < 4.78 is 17.2. The lowest BCUT2D eigenvalue weighted by molar-refractivity contribution is -0.122. The molecule has 7 heteroatoms. The van der Waals surface area contributed by atoms with Gasteiger partial charge in [0, 0.05) is 23.7 Å². The molecule has 1 unspecified atom stereocenters. The van der Waals surface area contributed by atoms with Gasteiger partial charge in [0.15, 0.2) is 6.61 Å². The van der Waals surface area contributed by atoms with Crippen LogP contribution in [0.15, 0.2) is 60.7 Å². The van der Waals surface area contributed by atoms with E-state index in [0.29, 0.717) is 24.7 Å². The number of nitrogens with two attached hydrogens (primary N) is 1. The van der Waals surface area contributed by atoms with Crippen LogP contribution in [0.1, 0.15) is 22.3 Å². The van der Waals surface area contributed by atoms with Crippen molar-refractivity contribution in [1.82, 2.24) is 0 Å². The van der Waals surface area contributed by atoms with Crippen molar-refractivity contribution in [2.24, 2.45) is 5.73 Å². The zero-order valence-electron chi connectivity index (χ0n) is 17.9. The van der Waals surface area contributed by atoms with Gasteiger partial charge in [0.2, 0.25) is 5.91 Å². The second-order valence-corrected chi connectivity index (χ2v) is 8.56. The molecule has 2 amide bonds. The van der Waals surface area contributed by atoms with Crippen molar-refractivity contribution in [2.45, 2.75) is 18.4 Å². The van der Waals surface area contributed by atoms with E-state index in [9.17, 15) is 9.59 Å². The van der Waals surface area contributed by atoms with Gasteiger partial charge in [0.25, 0.3) is 5.91 Å². The Morgan fingerprint density at radius 2 is 1.91 bits per heavy atom. The molecule has 7 nitrogen and oxygen atoms in total. The van der Waals surface area contributed by atoms with Gasteiger partial charge < -0.3 is 24.8 Å². The number of hydrogen-bond acceptors (Lipinski definition) is 5. The van der Waals surface area contributed by atoms with Crippen LogP contribution >= 0.6 is 0 Å². The summed E-state index contributed by atoms with van der Waals surface area (Å²) in [6, 6.07) is 19.3. The van der Waals surface area contributed by atoms with Crippen LogP contribution in [0.3, 0.4) is 0 Å². The van der Waals surface area contributed by atoms with Crippen molar-refractivity contribution in [2.75, 3.05) is 24.7 Å². The molecule has 1 spiro atoms. The third-order valence-corrected chi connectivity index (χ3v) is 6.58. The van der Waals surface area contributed by atoms with Crippen molar-refractivity contribution >= 4 is 17.5 Å². The van der Waals surface area contributed by atoms with E-state index < -0.39 is 11.3 Å². The van der Waals surface area contributed by atoms with Gasteiger partial charge in [-0.3, -0.25) is 9.59 Å². The van der Waals surface area contributed by atoms with Crippen molar-refractivity contribution in [3.05, 3.63) is 82.9 Å². The summed E-state index contributed by atoms with van der Waals surface area (Å²) in [6.45, 7) is 1.09. The first kappa shape index (κ1) is 19.7. The maximum atomic E-state index is 14.1. The Hall–Kier alpha value is -4.00. The summed E-state index contributed by atoms with van der Waals surface area (Å²) in [5.41, 5.74) is 9.05. The Bertz CT molecular complexity index is 1300. The second-order valence-electron chi connectivity index (χ2n) is 8.56. The molecule has 6 rings (SSSR count). The van der Waals surface area contributed by atoms with Crippen LogP contribution in [0, 0.1) is 0 Å². The summed E-state index contributed by atoms with van der Waals surface area (Å²) in [7, 11) is 0. The molecule has 3 heterocycles.